The Morgan fingerprint density at radius 1 is 1.39 bits per heavy atom. The van der Waals surface area contributed by atoms with Crippen LogP contribution in [0.1, 0.15) is 32.3 Å². The molecule has 0 aliphatic rings. The van der Waals surface area contributed by atoms with Gasteiger partial charge in [-0.1, -0.05) is 37.1 Å². The second-order valence-corrected chi connectivity index (χ2v) is 5.80. The second-order valence-electron chi connectivity index (χ2n) is 4.38. The van der Waals surface area contributed by atoms with Crippen molar-refractivity contribution in [2.75, 3.05) is 5.75 Å². The summed E-state index contributed by atoms with van der Waals surface area (Å²) in [7, 11) is 0. The Balaban J connectivity index is 2.21. The van der Waals surface area contributed by atoms with Crippen LogP contribution in [0.25, 0.3) is 0 Å². The van der Waals surface area contributed by atoms with Crippen molar-refractivity contribution in [1.82, 2.24) is 5.32 Å². The van der Waals surface area contributed by atoms with Crippen LogP contribution in [0, 0.1) is 0 Å². The van der Waals surface area contributed by atoms with E-state index in [1.54, 1.807) is 11.8 Å². The molecule has 0 heterocycles. The largest absolute Gasteiger partial charge is 0.353 e. The molecule has 0 saturated carbocycles. The van der Waals surface area contributed by atoms with Crippen LogP contribution in [-0.2, 0) is 10.5 Å². The van der Waals surface area contributed by atoms with Crippen LogP contribution in [0.3, 0.4) is 0 Å². The molecule has 0 fully saturated rings. The number of amides is 1. The van der Waals surface area contributed by atoms with Gasteiger partial charge in [0.25, 0.3) is 0 Å². The molecule has 0 aliphatic carbocycles. The summed E-state index contributed by atoms with van der Waals surface area (Å²) in [6.07, 6.45) is 2.13. The lowest BCUT2D eigenvalue weighted by Gasteiger charge is -2.12. The third kappa shape index (κ3) is 6.31. The normalized spacial score (nSPS) is 12.2. The smallest absolute Gasteiger partial charge is 0.230 e. The van der Waals surface area contributed by atoms with E-state index in [-0.39, 0.29) is 11.9 Å². The van der Waals surface area contributed by atoms with Crippen LogP contribution in [0.4, 0.5) is 0 Å². The Morgan fingerprint density at radius 3 is 2.67 bits per heavy atom. The summed E-state index contributed by atoms with van der Waals surface area (Å²) in [5.41, 5.74) is 1.19. The molecule has 1 rings (SSSR count). The van der Waals surface area contributed by atoms with E-state index in [0.29, 0.717) is 5.75 Å². The highest BCUT2D eigenvalue weighted by Gasteiger charge is 2.06. The zero-order valence-electron chi connectivity index (χ0n) is 10.9. The minimum Gasteiger partial charge on any atom is -0.353 e. The summed E-state index contributed by atoms with van der Waals surface area (Å²) in [6, 6.07) is 8.01. The monoisotopic (exact) mass is 285 g/mol. The fourth-order valence-corrected chi connectivity index (χ4v) is 2.59. The molecular formula is C14H20ClNOS. The lowest BCUT2D eigenvalue weighted by Crippen LogP contribution is -2.33. The maximum atomic E-state index is 11.6. The minimum atomic E-state index is 0.120. The zero-order valence-corrected chi connectivity index (χ0v) is 12.5. The van der Waals surface area contributed by atoms with Crippen LogP contribution in [0.15, 0.2) is 24.3 Å². The number of carbonyl (C=O) groups is 1. The molecule has 0 radical (unpaired) electrons. The quantitative estimate of drug-likeness (QED) is 0.824. The van der Waals surface area contributed by atoms with Crippen LogP contribution in [-0.4, -0.2) is 17.7 Å². The van der Waals surface area contributed by atoms with Gasteiger partial charge in [0.05, 0.1) is 5.75 Å². The van der Waals surface area contributed by atoms with Gasteiger partial charge in [-0.2, -0.15) is 0 Å². The van der Waals surface area contributed by atoms with Crippen molar-refractivity contribution >= 4 is 29.3 Å². The summed E-state index contributed by atoms with van der Waals surface area (Å²) in [4.78, 5) is 11.6. The molecule has 1 aromatic rings. The number of benzene rings is 1. The first-order valence-corrected chi connectivity index (χ1v) is 7.76. The first-order valence-electron chi connectivity index (χ1n) is 6.23. The standard InChI is InChI=1S/C14H20ClNOS/c1-3-4-11(2)16-14(17)10-18-9-12-5-7-13(15)8-6-12/h5-8,11H,3-4,9-10H2,1-2H3,(H,16,17)/t11-/m0/s1. The lowest BCUT2D eigenvalue weighted by atomic mass is 10.2. The van der Waals surface area contributed by atoms with Crippen LogP contribution in [0.2, 0.25) is 5.02 Å². The molecule has 1 amide bonds. The number of hydrogen-bond donors (Lipinski definition) is 1. The van der Waals surface area contributed by atoms with Gasteiger partial charge in [0, 0.05) is 16.8 Å². The van der Waals surface area contributed by atoms with E-state index < -0.39 is 0 Å². The Morgan fingerprint density at radius 2 is 2.06 bits per heavy atom. The van der Waals surface area contributed by atoms with E-state index in [9.17, 15) is 4.79 Å². The number of thioether (sulfide) groups is 1. The third-order valence-electron chi connectivity index (χ3n) is 2.54. The lowest BCUT2D eigenvalue weighted by molar-refractivity contribution is -0.119. The van der Waals surface area contributed by atoms with E-state index in [2.05, 4.69) is 12.2 Å². The number of nitrogens with one attached hydrogen (secondary N) is 1. The molecule has 1 aromatic carbocycles. The molecule has 0 aromatic heterocycles. The second kappa shape index (κ2) is 8.44. The minimum absolute atomic E-state index is 0.120. The van der Waals surface area contributed by atoms with E-state index in [1.165, 1.54) is 5.56 Å². The van der Waals surface area contributed by atoms with Gasteiger partial charge in [-0.15, -0.1) is 11.8 Å². The highest BCUT2D eigenvalue weighted by Crippen LogP contribution is 2.15. The fourth-order valence-electron chi connectivity index (χ4n) is 1.66. The zero-order chi connectivity index (χ0) is 13.4. The van der Waals surface area contributed by atoms with Crippen LogP contribution in [0.5, 0.6) is 0 Å². The van der Waals surface area contributed by atoms with Crippen molar-refractivity contribution in [1.29, 1.82) is 0 Å². The maximum Gasteiger partial charge on any atom is 0.230 e. The Kier molecular flexibility index (Phi) is 7.21. The molecule has 2 nitrogen and oxygen atoms in total. The van der Waals surface area contributed by atoms with Crippen molar-refractivity contribution in [3.8, 4) is 0 Å². The van der Waals surface area contributed by atoms with Crippen molar-refractivity contribution in [3.05, 3.63) is 34.9 Å². The molecule has 0 aliphatic heterocycles. The van der Waals surface area contributed by atoms with Crippen LogP contribution < -0.4 is 5.32 Å². The topological polar surface area (TPSA) is 29.1 Å². The first-order chi connectivity index (χ1) is 8.61. The molecule has 4 heteroatoms. The molecule has 1 atom stereocenters. The average Bonchev–Trinajstić information content (AvgIpc) is 2.32. The SMILES string of the molecule is CCC[C@H](C)NC(=O)CSCc1ccc(Cl)cc1. The molecule has 0 bridgehead atoms. The van der Waals surface area contributed by atoms with E-state index in [1.807, 2.05) is 31.2 Å². The highest BCUT2D eigenvalue weighted by atomic mass is 35.5. The summed E-state index contributed by atoms with van der Waals surface area (Å²) < 4.78 is 0. The summed E-state index contributed by atoms with van der Waals surface area (Å²) in [5, 5.41) is 3.74. The Bertz CT molecular complexity index is 367. The first kappa shape index (κ1) is 15.4. The van der Waals surface area contributed by atoms with E-state index in [0.717, 1.165) is 23.6 Å². The van der Waals surface area contributed by atoms with Gasteiger partial charge in [0.15, 0.2) is 0 Å². The van der Waals surface area contributed by atoms with Gasteiger partial charge in [-0.3, -0.25) is 4.79 Å². The predicted octanol–water partition coefficient (Wildman–Crippen LogP) is 3.88. The molecular weight excluding hydrogens is 266 g/mol. The van der Waals surface area contributed by atoms with Gasteiger partial charge in [0.1, 0.15) is 0 Å². The van der Waals surface area contributed by atoms with Gasteiger partial charge in [-0.05, 0) is 31.0 Å². The number of hydrogen-bond acceptors (Lipinski definition) is 2. The summed E-state index contributed by atoms with van der Waals surface area (Å²) >= 11 is 7.44. The van der Waals surface area contributed by atoms with Gasteiger partial charge in [-0.25, -0.2) is 0 Å². The van der Waals surface area contributed by atoms with Crippen molar-refractivity contribution in [2.45, 2.75) is 38.5 Å². The van der Waals surface area contributed by atoms with Gasteiger partial charge in [0.2, 0.25) is 5.91 Å². The van der Waals surface area contributed by atoms with Gasteiger partial charge >= 0.3 is 0 Å². The molecule has 18 heavy (non-hydrogen) atoms. The van der Waals surface area contributed by atoms with Crippen molar-refractivity contribution < 1.29 is 4.79 Å². The predicted molar refractivity (Wildman–Crippen MR) is 80.1 cm³/mol. The van der Waals surface area contributed by atoms with Gasteiger partial charge < -0.3 is 5.32 Å². The Hall–Kier alpha value is -0.670. The molecule has 100 valence electrons. The van der Waals surface area contributed by atoms with Crippen molar-refractivity contribution in [2.24, 2.45) is 0 Å². The average molecular weight is 286 g/mol. The summed E-state index contributed by atoms with van der Waals surface area (Å²) in [5.74, 6) is 1.47. The Labute approximate surface area is 118 Å². The van der Waals surface area contributed by atoms with E-state index in [4.69, 9.17) is 11.6 Å². The van der Waals surface area contributed by atoms with Crippen molar-refractivity contribution in [3.63, 3.8) is 0 Å². The van der Waals surface area contributed by atoms with Crippen LogP contribution >= 0.6 is 23.4 Å². The molecule has 1 N–H and O–H groups in total. The number of halogens is 1. The maximum absolute atomic E-state index is 11.6. The third-order valence-corrected chi connectivity index (χ3v) is 3.80. The van der Waals surface area contributed by atoms with E-state index >= 15 is 0 Å². The molecule has 0 spiro atoms. The summed E-state index contributed by atoms with van der Waals surface area (Å²) in [6.45, 7) is 4.17. The number of rotatable bonds is 7. The number of carbonyl (C=O) groups excluding carboxylic acids is 1. The fraction of sp³-hybridized carbons (Fsp3) is 0.500. The highest BCUT2D eigenvalue weighted by molar-refractivity contribution is 7.99. The molecule has 0 saturated heterocycles. The molecule has 0 unspecified atom stereocenters.